The molecule has 22 heavy (non-hydrogen) atoms. The molecule has 0 aliphatic carbocycles. The summed E-state index contributed by atoms with van der Waals surface area (Å²) in [6.07, 6.45) is 2.95. The van der Waals surface area contributed by atoms with Crippen molar-refractivity contribution >= 4 is 10.2 Å². The summed E-state index contributed by atoms with van der Waals surface area (Å²) in [6.45, 7) is 4.48. The van der Waals surface area contributed by atoms with Gasteiger partial charge in [0.2, 0.25) is 0 Å². The van der Waals surface area contributed by atoms with Crippen molar-refractivity contribution in [3.63, 3.8) is 0 Å². The topological polar surface area (TPSA) is 49.9 Å². The maximum Gasteiger partial charge on any atom is 0.282 e. The number of rotatable bonds is 5. The predicted molar refractivity (Wildman–Crippen MR) is 88.1 cm³/mol. The van der Waals surface area contributed by atoms with Crippen LogP contribution in [0.4, 0.5) is 0 Å². The number of nitrogens with zero attached hydrogens (tertiary/aromatic N) is 2. The molecule has 0 spiro atoms. The van der Waals surface area contributed by atoms with Crippen molar-refractivity contribution in [1.29, 1.82) is 0 Å². The lowest BCUT2D eigenvalue weighted by molar-refractivity contribution is 0.241. The Morgan fingerprint density at radius 3 is 2.64 bits per heavy atom. The van der Waals surface area contributed by atoms with Crippen molar-refractivity contribution in [2.45, 2.75) is 45.2 Å². The Labute approximate surface area is 134 Å². The number of hydrogen-bond acceptors (Lipinski definition) is 3. The molecule has 0 aromatic heterocycles. The summed E-state index contributed by atoms with van der Waals surface area (Å²) in [5.74, 6) is 0.712. The molecule has 1 saturated heterocycles. The van der Waals surface area contributed by atoms with Crippen LogP contribution in [0, 0.1) is 0 Å². The summed E-state index contributed by atoms with van der Waals surface area (Å²) in [5.41, 5.74) is 0.876. The van der Waals surface area contributed by atoms with Gasteiger partial charge in [0.15, 0.2) is 0 Å². The van der Waals surface area contributed by atoms with Crippen LogP contribution in [-0.2, 0) is 10.2 Å². The standard InChI is InChI=1S/C16H26N2O3S/c1-13-9-7-8-12-18(13)22(19,20)17(3)14(2)15-10-5-6-11-16(15)21-4/h5-6,10-11,13-14H,7-9,12H2,1-4H3/t13-,14-/m0/s1. The van der Waals surface area contributed by atoms with Gasteiger partial charge in [0.25, 0.3) is 10.2 Å². The van der Waals surface area contributed by atoms with Crippen LogP contribution < -0.4 is 4.74 Å². The lowest BCUT2D eigenvalue weighted by atomic mass is 10.1. The molecule has 0 saturated carbocycles. The van der Waals surface area contributed by atoms with Crippen LogP contribution in [0.1, 0.15) is 44.7 Å². The maximum atomic E-state index is 12.9. The van der Waals surface area contributed by atoms with Gasteiger partial charge in [-0.25, -0.2) is 0 Å². The predicted octanol–water partition coefficient (Wildman–Crippen LogP) is 2.81. The highest BCUT2D eigenvalue weighted by Crippen LogP contribution is 2.32. The van der Waals surface area contributed by atoms with E-state index in [0.29, 0.717) is 12.3 Å². The van der Waals surface area contributed by atoms with Crippen molar-refractivity contribution in [3.8, 4) is 5.75 Å². The second-order valence-electron chi connectivity index (χ2n) is 5.90. The van der Waals surface area contributed by atoms with Gasteiger partial charge in [-0.1, -0.05) is 24.6 Å². The molecule has 1 heterocycles. The molecular formula is C16H26N2O3S. The fourth-order valence-electron chi connectivity index (χ4n) is 2.99. The third kappa shape index (κ3) is 3.29. The highest BCUT2D eigenvalue weighted by Gasteiger charge is 2.35. The van der Waals surface area contributed by atoms with Gasteiger partial charge >= 0.3 is 0 Å². The Kier molecular flexibility index (Phi) is 5.47. The van der Waals surface area contributed by atoms with E-state index in [1.54, 1.807) is 18.5 Å². The first-order valence-electron chi connectivity index (χ1n) is 7.77. The van der Waals surface area contributed by atoms with Gasteiger partial charge in [0.1, 0.15) is 5.75 Å². The largest absolute Gasteiger partial charge is 0.496 e. The van der Waals surface area contributed by atoms with Crippen LogP contribution in [0.3, 0.4) is 0 Å². The van der Waals surface area contributed by atoms with Gasteiger partial charge < -0.3 is 4.74 Å². The Morgan fingerprint density at radius 1 is 1.32 bits per heavy atom. The Hall–Kier alpha value is -1.11. The summed E-state index contributed by atoms with van der Waals surface area (Å²) in [5, 5.41) is 0. The smallest absolute Gasteiger partial charge is 0.282 e. The summed E-state index contributed by atoms with van der Waals surface area (Å²) in [7, 11) is -0.222. The number of hydrogen-bond donors (Lipinski definition) is 0. The number of piperidine rings is 1. The minimum Gasteiger partial charge on any atom is -0.496 e. The third-order valence-electron chi connectivity index (χ3n) is 4.54. The molecule has 0 bridgehead atoms. The Balaban J connectivity index is 2.27. The fraction of sp³-hybridized carbons (Fsp3) is 0.625. The molecule has 1 aliphatic rings. The van der Waals surface area contributed by atoms with Crippen molar-refractivity contribution in [1.82, 2.24) is 8.61 Å². The summed E-state index contributed by atoms with van der Waals surface area (Å²) in [4.78, 5) is 0. The fourth-order valence-corrected chi connectivity index (χ4v) is 4.75. The van der Waals surface area contributed by atoms with Gasteiger partial charge in [0, 0.05) is 25.2 Å². The van der Waals surface area contributed by atoms with E-state index in [1.807, 2.05) is 38.1 Å². The van der Waals surface area contributed by atoms with E-state index >= 15 is 0 Å². The van der Waals surface area contributed by atoms with Gasteiger partial charge in [0.05, 0.1) is 13.2 Å². The quantitative estimate of drug-likeness (QED) is 0.836. The minimum absolute atomic E-state index is 0.0612. The van der Waals surface area contributed by atoms with E-state index in [-0.39, 0.29) is 12.1 Å². The second kappa shape index (κ2) is 6.98. The van der Waals surface area contributed by atoms with E-state index in [0.717, 1.165) is 24.8 Å². The zero-order valence-electron chi connectivity index (χ0n) is 13.8. The van der Waals surface area contributed by atoms with Crippen LogP contribution in [0.15, 0.2) is 24.3 Å². The zero-order valence-corrected chi connectivity index (χ0v) is 14.6. The minimum atomic E-state index is -3.47. The lowest BCUT2D eigenvalue weighted by Crippen LogP contribution is -2.49. The van der Waals surface area contributed by atoms with E-state index < -0.39 is 10.2 Å². The molecule has 1 fully saturated rings. The monoisotopic (exact) mass is 326 g/mol. The van der Waals surface area contributed by atoms with E-state index in [4.69, 9.17) is 4.74 Å². The van der Waals surface area contributed by atoms with E-state index in [1.165, 1.54) is 4.31 Å². The molecule has 1 aliphatic heterocycles. The number of ether oxygens (including phenoxy) is 1. The zero-order chi connectivity index (χ0) is 16.3. The summed E-state index contributed by atoms with van der Waals surface area (Å²) >= 11 is 0. The molecule has 0 radical (unpaired) electrons. The molecule has 6 heteroatoms. The molecule has 2 atom stereocenters. The van der Waals surface area contributed by atoms with Gasteiger partial charge in [-0.2, -0.15) is 17.0 Å². The molecule has 0 N–H and O–H groups in total. The molecule has 5 nitrogen and oxygen atoms in total. The van der Waals surface area contributed by atoms with Crippen molar-refractivity contribution in [2.75, 3.05) is 20.7 Å². The molecule has 0 amide bonds. The SMILES string of the molecule is COc1ccccc1[C@H](C)N(C)S(=O)(=O)N1CCCC[C@@H]1C. The van der Waals surface area contributed by atoms with Crippen LogP contribution >= 0.6 is 0 Å². The summed E-state index contributed by atoms with van der Waals surface area (Å²) < 4.78 is 34.3. The Morgan fingerprint density at radius 2 is 2.00 bits per heavy atom. The highest BCUT2D eigenvalue weighted by molar-refractivity contribution is 7.86. The van der Waals surface area contributed by atoms with Gasteiger partial charge in [-0.05, 0) is 32.8 Å². The van der Waals surface area contributed by atoms with E-state index in [9.17, 15) is 8.42 Å². The average molecular weight is 326 g/mol. The van der Waals surface area contributed by atoms with Crippen molar-refractivity contribution < 1.29 is 13.2 Å². The van der Waals surface area contributed by atoms with Gasteiger partial charge in [-0.3, -0.25) is 0 Å². The molecule has 0 unspecified atom stereocenters. The first-order valence-corrected chi connectivity index (χ1v) is 9.17. The highest BCUT2D eigenvalue weighted by atomic mass is 32.2. The molecular weight excluding hydrogens is 300 g/mol. The normalized spacial score (nSPS) is 21.8. The lowest BCUT2D eigenvalue weighted by Gasteiger charge is -2.37. The average Bonchev–Trinajstić information content (AvgIpc) is 2.53. The van der Waals surface area contributed by atoms with Crippen LogP contribution in [0.5, 0.6) is 5.75 Å². The molecule has 2 rings (SSSR count). The molecule has 124 valence electrons. The number of methoxy groups -OCH3 is 1. The van der Waals surface area contributed by atoms with Gasteiger partial charge in [-0.15, -0.1) is 0 Å². The van der Waals surface area contributed by atoms with Crippen molar-refractivity contribution in [2.24, 2.45) is 0 Å². The third-order valence-corrected chi connectivity index (χ3v) is 6.72. The van der Waals surface area contributed by atoms with Crippen molar-refractivity contribution in [3.05, 3.63) is 29.8 Å². The molecule has 1 aromatic carbocycles. The summed E-state index contributed by atoms with van der Waals surface area (Å²) in [6, 6.07) is 7.33. The van der Waals surface area contributed by atoms with Crippen LogP contribution in [-0.4, -0.2) is 43.8 Å². The van der Waals surface area contributed by atoms with E-state index in [2.05, 4.69) is 0 Å². The first-order chi connectivity index (χ1) is 10.4. The second-order valence-corrected chi connectivity index (χ2v) is 7.84. The maximum absolute atomic E-state index is 12.9. The van der Waals surface area contributed by atoms with Crippen LogP contribution in [0.2, 0.25) is 0 Å². The van der Waals surface area contributed by atoms with Crippen LogP contribution in [0.25, 0.3) is 0 Å². The number of para-hydroxylation sites is 1. The number of benzene rings is 1. The molecule has 1 aromatic rings. The first kappa shape index (κ1) is 17.2. The Bertz CT molecular complexity index is 603.